The molecule has 0 amide bonds. The van der Waals surface area contributed by atoms with Crippen LogP contribution in [0.5, 0.6) is 5.75 Å². The minimum Gasteiger partial charge on any atom is -0.484 e. The molecule has 0 spiro atoms. The Morgan fingerprint density at radius 3 is 2.52 bits per heavy atom. The van der Waals surface area contributed by atoms with Crippen LogP contribution >= 0.6 is 0 Å². The lowest BCUT2D eigenvalue weighted by molar-refractivity contribution is 0.200. The van der Waals surface area contributed by atoms with Gasteiger partial charge in [-0.3, -0.25) is 0 Å². The SMILES string of the molecule is CCCNCC(Oc1cc(C)ccc1C)c1ccccc1. The molecule has 0 saturated heterocycles. The van der Waals surface area contributed by atoms with Crippen LogP contribution in [0.2, 0.25) is 0 Å². The van der Waals surface area contributed by atoms with Gasteiger partial charge in [-0.15, -0.1) is 0 Å². The van der Waals surface area contributed by atoms with Crippen LogP contribution in [0.15, 0.2) is 48.5 Å². The first kappa shape index (κ1) is 15.6. The molecule has 0 bridgehead atoms. The van der Waals surface area contributed by atoms with Crippen molar-refractivity contribution in [3.8, 4) is 5.75 Å². The molecular formula is C19H25NO. The maximum Gasteiger partial charge on any atom is 0.136 e. The van der Waals surface area contributed by atoms with E-state index in [1.807, 2.05) is 6.07 Å². The average molecular weight is 283 g/mol. The van der Waals surface area contributed by atoms with E-state index in [1.165, 1.54) is 16.7 Å². The normalized spacial score (nSPS) is 12.1. The van der Waals surface area contributed by atoms with Gasteiger partial charge < -0.3 is 10.1 Å². The van der Waals surface area contributed by atoms with Gasteiger partial charge >= 0.3 is 0 Å². The lowest BCUT2D eigenvalue weighted by Gasteiger charge is -2.21. The van der Waals surface area contributed by atoms with Crippen LogP contribution < -0.4 is 10.1 Å². The van der Waals surface area contributed by atoms with Gasteiger partial charge in [-0.1, -0.05) is 49.4 Å². The number of hydrogen-bond donors (Lipinski definition) is 1. The highest BCUT2D eigenvalue weighted by molar-refractivity contribution is 5.36. The second kappa shape index (κ2) is 7.84. The Bertz CT molecular complexity index is 551. The third-order valence-corrected chi connectivity index (χ3v) is 3.54. The lowest BCUT2D eigenvalue weighted by Crippen LogP contribution is -2.26. The van der Waals surface area contributed by atoms with Crippen LogP contribution in [0.1, 0.15) is 36.1 Å². The fraction of sp³-hybridized carbons (Fsp3) is 0.368. The maximum absolute atomic E-state index is 6.30. The zero-order chi connectivity index (χ0) is 15.1. The van der Waals surface area contributed by atoms with Gasteiger partial charge in [0, 0.05) is 6.54 Å². The third kappa shape index (κ3) is 4.61. The Hall–Kier alpha value is -1.80. The van der Waals surface area contributed by atoms with Crippen LogP contribution in [-0.4, -0.2) is 13.1 Å². The van der Waals surface area contributed by atoms with E-state index in [-0.39, 0.29) is 6.10 Å². The highest BCUT2D eigenvalue weighted by Gasteiger charge is 2.14. The summed E-state index contributed by atoms with van der Waals surface area (Å²) < 4.78 is 6.30. The van der Waals surface area contributed by atoms with Crippen LogP contribution in [0, 0.1) is 13.8 Å². The first-order chi connectivity index (χ1) is 10.2. The quantitative estimate of drug-likeness (QED) is 0.759. The van der Waals surface area contributed by atoms with Gasteiger partial charge in [0.25, 0.3) is 0 Å². The summed E-state index contributed by atoms with van der Waals surface area (Å²) in [6, 6.07) is 16.8. The molecule has 0 saturated carbocycles. The van der Waals surface area contributed by atoms with E-state index < -0.39 is 0 Å². The Kier molecular flexibility index (Phi) is 5.82. The molecule has 0 aliphatic carbocycles. The van der Waals surface area contributed by atoms with Crippen LogP contribution in [0.3, 0.4) is 0 Å². The monoisotopic (exact) mass is 283 g/mol. The van der Waals surface area contributed by atoms with Crippen molar-refractivity contribution in [1.29, 1.82) is 0 Å². The zero-order valence-corrected chi connectivity index (χ0v) is 13.2. The second-order valence-electron chi connectivity index (χ2n) is 5.49. The Morgan fingerprint density at radius 2 is 1.81 bits per heavy atom. The molecule has 1 N–H and O–H groups in total. The number of nitrogens with one attached hydrogen (secondary N) is 1. The molecule has 2 aromatic rings. The van der Waals surface area contributed by atoms with E-state index >= 15 is 0 Å². The molecule has 21 heavy (non-hydrogen) atoms. The number of rotatable bonds is 7. The Labute approximate surface area is 128 Å². The van der Waals surface area contributed by atoms with E-state index in [0.717, 1.165) is 25.3 Å². The fourth-order valence-electron chi connectivity index (χ4n) is 2.29. The molecule has 2 nitrogen and oxygen atoms in total. The minimum atomic E-state index is 0.0400. The molecular weight excluding hydrogens is 258 g/mol. The van der Waals surface area contributed by atoms with Crippen molar-refractivity contribution in [2.75, 3.05) is 13.1 Å². The van der Waals surface area contributed by atoms with Crippen LogP contribution in [0.4, 0.5) is 0 Å². The molecule has 1 atom stereocenters. The maximum atomic E-state index is 6.30. The van der Waals surface area contributed by atoms with E-state index in [2.05, 4.69) is 68.6 Å². The summed E-state index contributed by atoms with van der Waals surface area (Å²) >= 11 is 0. The van der Waals surface area contributed by atoms with E-state index in [1.54, 1.807) is 0 Å². The number of ether oxygens (including phenoxy) is 1. The topological polar surface area (TPSA) is 21.3 Å². The summed E-state index contributed by atoms with van der Waals surface area (Å²) in [5.41, 5.74) is 3.61. The summed E-state index contributed by atoms with van der Waals surface area (Å²) in [7, 11) is 0. The number of hydrogen-bond acceptors (Lipinski definition) is 2. The molecule has 0 heterocycles. The summed E-state index contributed by atoms with van der Waals surface area (Å²) in [6.07, 6.45) is 1.17. The van der Waals surface area contributed by atoms with Crippen molar-refractivity contribution < 1.29 is 4.74 Å². The van der Waals surface area contributed by atoms with Gasteiger partial charge in [0.15, 0.2) is 0 Å². The first-order valence-corrected chi connectivity index (χ1v) is 7.70. The average Bonchev–Trinajstić information content (AvgIpc) is 2.51. The molecule has 0 aliphatic heterocycles. The largest absolute Gasteiger partial charge is 0.484 e. The molecule has 2 aromatic carbocycles. The van der Waals surface area contributed by atoms with Gasteiger partial charge in [0.05, 0.1) is 0 Å². The van der Waals surface area contributed by atoms with Crippen molar-refractivity contribution in [3.63, 3.8) is 0 Å². The van der Waals surface area contributed by atoms with Crippen molar-refractivity contribution in [2.45, 2.75) is 33.3 Å². The van der Waals surface area contributed by atoms with Crippen molar-refractivity contribution >= 4 is 0 Å². The molecule has 0 fully saturated rings. The number of benzene rings is 2. The number of aryl methyl sites for hydroxylation is 2. The van der Waals surface area contributed by atoms with E-state index in [4.69, 9.17) is 4.74 Å². The summed E-state index contributed by atoms with van der Waals surface area (Å²) in [5.74, 6) is 0.974. The highest BCUT2D eigenvalue weighted by atomic mass is 16.5. The van der Waals surface area contributed by atoms with E-state index in [0.29, 0.717) is 0 Å². The van der Waals surface area contributed by atoms with Crippen molar-refractivity contribution in [2.24, 2.45) is 0 Å². The second-order valence-corrected chi connectivity index (χ2v) is 5.49. The molecule has 2 rings (SSSR count). The van der Waals surface area contributed by atoms with E-state index in [9.17, 15) is 0 Å². The van der Waals surface area contributed by atoms with Crippen LogP contribution in [0.25, 0.3) is 0 Å². The summed E-state index contributed by atoms with van der Waals surface area (Å²) in [5, 5.41) is 3.46. The standard InChI is InChI=1S/C19H25NO/c1-4-12-20-14-19(17-8-6-5-7-9-17)21-18-13-15(2)10-11-16(18)3/h5-11,13,19-20H,4,12,14H2,1-3H3. The van der Waals surface area contributed by atoms with Gasteiger partial charge in [-0.2, -0.15) is 0 Å². The first-order valence-electron chi connectivity index (χ1n) is 7.70. The van der Waals surface area contributed by atoms with Crippen molar-refractivity contribution in [3.05, 3.63) is 65.2 Å². The van der Waals surface area contributed by atoms with Crippen molar-refractivity contribution in [1.82, 2.24) is 5.32 Å². The van der Waals surface area contributed by atoms with Gasteiger partial charge in [0.2, 0.25) is 0 Å². The predicted molar refractivity (Wildman–Crippen MR) is 88.9 cm³/mol. The predicted octanol–water partition coefficient (Wildman–Crippen LogP) is 4.42. The van der Waals surface area contributed by atoms with Gasteiger partial charge in [-0.05, 0) is 49.6 Å². The Morgan fingerprint density at radius 1 is 1.05 bits per heavy atom. The molecule has 0 radical (unpaired) electrons. The highest BCUT2D eigenvalue weighted by Crippen LogP contribution is 2.25. The minimum absolute atomic E-state index is 0.0400. The molecule has 0 aromatic heterocycles. The molecule has 0 aliphatic rings. The molecule has 112 valence electrons. The fourth-order valence-corrected chi connectivity index (χ4v) is 2.29. The van der Waals surface area contributed by atoms with Gasteiger partial charge in [0.1, 0.15) is 11.9 Å². The lowest BCUT2D eigenvalue weighted by atomic mass is 10.1. The molecule has 2 heteroatoms. The summed E-state index contributed by atoms with van der Waals surface area (Å²) in [4.78, 5) is 0. The zero-order valence-electron chi connectivity index (χ0n) is 13.2. The molecule has 1 unspecified atom stereocenters. The third-order valence-electron chi connectivity index (χ3n) is 3.54. The smallest absolute Gasteiger partial charge is 0.136 e. The van der Waals surface area contributed by atoms with Gasteiger partial charge in [-0.25, -0.2) is 0 Å². The Balaban J connectivity index is 2.17. The van der Waals surface area contributed by atoms with Crippen LogP contribution in [-0.2, 0) is 0 Å². The summed E-state index contributed by atoms with van der Waals surface area (Å²) in [6.45, 7) is 8.20.